The van der Waals surface area contributed by atoms with E-state index >= 15 is 0 Å². The molecule has 0 aliphatic rings. The van der Waals surface area contributed by atoms with Gasteiger partial charge in [0, 0.05) is 16.7 Å². The molecule has 0 saturated carbocycles. The second kappa shape index (κ2) is 7.25. The van der Waals surface area contributed by atoms with Gasteiger partial charge in [0.1, 0.15) is 11.6 Å². The number of carbonyl (C=O) groups is 1. The van der Waals surface area contributed by atoms with Crippen molar-refractivity contribution in [1.82, 2.24) is 9.97 Å². The fraction of sp³-hybridized carbons (Fsp3) is 0. The van der Waals surface area contributed by atoms with E-state index in [1.54, 1.807) is 24.3 Å². The Bertz CT molecular complexity index is 1060. The van der Waals surface area contributed by atoms with Crippen LogP contribution in [0, 0.1) is 5.82 Å². The van der Waals surface area contributed by atoms with Crippen LogP contribution in [0.2, 0.25) is 0 Å². The van der Waals surface area contributed by atoms with Crippen LogP contribution in [-0.2, 0) is 0 Å². The summed E-state index contributed by atoms with van der Waals surface area (Å²) in [6.45, 7) is 0. The van der Waals surface area contributed by atoms with E-state index in [2.05, 4.69) is 15.3 Å². The van der Waals surface area contributed by atoms with Gasteiger partial charge in [0.2, 0.25) is 0 Å². The molecule has 0 saturated heterocycles. The van der Waals surface area contributed by atoms with Crippen molar-refractivity contribution in [3.63, 3.8) is 0 Å². The minimum Gasteiger partial charge on any atom is -0.336 e. The van der Waals surface area contributed by atoms with Gasteiger partial charge >= 0.3 is 0 Å². The number of hydrogen-bond acceptors (Lipinski definition) is 2. The number of nitrogens with one attached hydrogen (secondary N) is 2. The molecule has 27 heavy (non-hydrogen) atoms. The molecule has 1 aromatic heterocycles. The fourth-order valence-corrected chi connectivity index (χ4v) is 2.79. The maximum Gasteiger partial charge on any atom is 0.256 e. The van der Waals surface area contributed by atoms with Crippen molar-refractivity contribution >= 4 is 11.7 Å². The van der Waals surface area contributed by atoms with Crippen molar-refractivity contribution in [3.8, 4) is 22.6 Å². The van der Waals surface area contributed by atoms with E-state index in [1.807, 2.05) is 48.5 Å². The molecule has 5 heteroatoms. The quantitative estimate of drug-likeness (QED) is 0.532. The van der Waals surface area contributed by atoms with E-state index in [0.29, 0.717) is 22.9 Å². The van der Waals surface area contributed by atoms with Crippen molar-refractivity contribution in [2.24, 2.45) is 0 Å². The summed E-state index contributed by atoms with van der Waals surface area (Å²) in [4.78, 5) is 20.4. The number of nitrogens with zero attached hydrogens (tertiary/aromatic N) is 1. The molecule has 2 N–H and O–H groups in total. The lowest BCUT2D eigenvalue weighted by Gasteiger charge is -2.05. The lowest BCUT2D eigenvalue weighted by Crippen LogP contribution is -2.12. The third-order valence-corrected chi connectivity index (χ3v) is 4.15. The van der Waals surface area contributed by atoms with E-state index in [9.17, 15) is 9.18 Å². The molecule has 0 atom stereocenters. The number of anilines is 1. The maximum absolute atomic E-state index is 13.2. The Hall–Kier alpha value is -3.73. The molecular formula is C22H16FN3O. The number of halogens is 1. The Balaban J connectivity index is 1.74. The number of rotatable bonds is 4. The summed E-state index contributed by atoms with van der Waals surface area (Å²) in [5.74, 6) is 0.419. The number of aromatic amines is 1. The first-order valence-electron chi connectivity index (χ1n) is 8.48. The van der Waals surface area contributed by atoms with E-state index in [-0.39, 0.29) is 11.7 Å². The van der Waals surface area contributed by atoms with Crippen molar-refractivity contribution in [3.05, 3.63) is 96.3 Å². The van der Waals surface area contributed by atoms with Gasteiger partial charge in [-0.1, -0.05) is 48.5 Å². The normalized spacial score (nSPS) is 10.6. The summed E-state index contributed by atoms with van der Waals surface area (Å²) in [6, 6.07) is 24.6. The predicted molar refractivity (Wildman–Crippen MR) is 104 cm³/mol. The molecule has 1 heterocycles. The smallest absolute Gasteiger partial charge is 0.256 e. The molecule has 132 valence electrons. The van der Waals surface area contributed by atoms with Crippen molar-refractivity contribution < 1.29 is 9.18 Å². The van der Waals surface area contributed by atoms with E-state index in [1.165, 1.54) is 12.1 Å². The Labute approximate surface area is 155 Å². The average Bonchev–Trinajstić information content (AvgIpc) is 3.13. The molecule has 0 unspecified atom stereocenters. The molecule has 0 aliphatic carbocycles. The topological polar surface area (TPSA) is 57.8 Å². The highest BCUT2D eigenvalue weighted by atomic mass is 19.1. The summed E-state index contributed by atoms with van der Waals surface area (Å²) in [5, 5.41) is 2.87. The van der Waals surface area contributed by atoms with Gasteiger partial charge in [0.05, 0.1) is 5.69 Å². The second-order valence-electron chi connectivity index (χ2n) is 6.00. The van der Waals surface area contributed by atoms with Gasteiger partial charge in [0.25, 0.3) is 5.91 Å². The van der Waals surface area contributed by atoms with Gasteiger partial charge in [-0.15, -0.1) is 0 Å². The third-order valence-electron chi connectivity index (χ3n) is 4.15. The van der Waals surface area contributed by atoms with Crippen LogP contribution < -0.4 is 5.32 Å². The Morgan fingerprint density at radius 2 is 1.44 bits per heavy atom. The molecule has 3 aromatic carbocycles. The minimum absolute atomic E-state index is 0.245. The monoisotopic (exact) mass is 357 g/mol. The summed E-state index contributed by atoms with van der Waals surface area (Å²) in [6.07, 6.45) is 0. The van der Waals surface area contributed by atoms with Crippen LogP contribution in [0.15, 0.2) is 84.9 Å². The fourth-order valence-electron chi connectivity index (χ4n) is 2.79. The number of benzene rings is 3. The largest absolute Gasteiger partial charge is 0.336 e. The Kier molecular flexibility index (Phi) is 4.49. The molecule has 0 spiro atoms. The third kappa shape index (κ3) is 3.62. The predicted octanol–water partition coefficient (Wildman–Crippen LogP) is 5.14. The van der Waals surface area contributed by atoms with Gasteiger partial charge in [-0.25, -0.2) is 9.37 Å². The van der Waals surface area contributed by atoms with Crippen LogP contribution in [0.25, 0.3) is 22.6 Å². The number of imidazole rings is 1. The highest BCUT2D eigenvalue weighted by Gasteiger charge is 2.16. The van der Waals surface area contributed by atoms with E-state index < -0.39 is 0 Å². The van der Waals surface area contributed by atoms with Gasteiger partial charge in [-0.2, -0.15) is 0 Å². The van der Waals surface area contributed by atoms with Crippen LogP contribution in [0.4, 0.5) is 10.2 Å². The summed E-state index contributed by atoms with van der Waals surface area (Å²) in [7, 11) is 0. The zero-order valence-electron chi connectivity index (χ0n) is 14.3. The highest BCUT2D eigenvalue weighted by Crippen LogP contribution is 2.30. The number of carbonyl (C=O) groups excluding carboxylic acids is 1. The van der Waals surface area contributed by atoms with Crippen LogP contribution in [0.3, 0.4) is 0 Å². The second-order valence-corrected chi connectivity index (χ2v) is 6.00. The number of aromatic nitrogens is 2. The number of hydrogen-bond donors (Lipinski definition) is 2. The first kappa shape index (κ1) is 16.7. The summed E-state index contributed by atoms with van der Waals surface area (Å²) < 4.78 is 13.2. The van der Waals surface area contributed by atoms with E-state index in [0.717, 1.165) is 11.1 Å². The van der Waals surface area contributed by atoms with Crippen molar-refractivity contribution in [2.45, 2.75) is 0 Å². The first-order chi connectivity index (χ1) is 13.2. The molecule has 4 nitrogen and oxygen atoms in total. The molecule has 4 aromatic rings. The van der Waals surface area contributed by atoms with Gasteiger partial charge < -0.3 is 10.3 Å². The van der Waals surface area contributed by atoms with Gasteiger partial charge in [-0.3, -0.25) is 4.79 Å². The number of amides is 1. The van der Waals surface area contributed by atoms with Crippen LogP contribution >= 0.6 is 0 Å². The van der Waals surface area contributed by atoms with Gasteiger partial charge in [0.15, 0.2) is 5.82 Å². The first-order valence-corrected chi connectivity index (χ1v) is 8.48. The Morgan fingerprint density at radius 1 is 0.815 bits per heavy atom. The SMILES string of the molecule is O=C(Nc1nc(-c2ccc(F)cc2)[nH]c1-c1ccccc1)c1ccccc1. The van der Waals surface area contributed by atoms with Crippen molar-refractivity contribution in [1.29, 1.82) is 0 Å². The zero-order valence-corrected chi connectivity index (χ0v) is 14.3. The van der Waals surface area contributed by atoms with E-state index in [4.69, 9.17) is 0 Å². The summed E-state index contributed by atoms with van der Waals surface area (Å²) >= 11 is 0. The van der Waals surface area contributed by atoms with Crippen LogP contribution in [-0.4, -0.2) is 15.9 Å². The summed E-state index contributed by atoms with van der Waals surface area (Å²) in [5.41, 5.74) is 2.86. The molecule has 0 aliphatic heterocycles. The molecule has 0 bridgehead atoms. The molecule has 4 rings (SSSR count). The lowest BCUT2D eigenvalue weighted by molar-refractivity contribution is 0.102. The molecular weight excluding hydrogens is 341 g/mol. The minimum atomic E-state index is -0.314. The van der Waals surface area contributed by atoms with Crippen LogP contribution in [0.1, 0.15) is 10.4 Å². The molecule has 0 fully saturated rings. The van der Waals surface area contributed by atoms with Gasteiger partial charge in [-0.05, 0) is 36.4 Å². The lowest BCUT2D eigenvalue weighted by atomic mass is 10.1. The zero-order chi connectivity index (χ0) is 18.6. The average molecular weight is 357 g/mol. The maximum atomic E-state index is 13.2. The highest BCUT2D eigenvalue weighted by molar-refractivity contribution is 6.05. The van der Waals surface area contributed by atoms with Crippen molar-refractivity contribution in [2.75, 3.05) is 5.32 Å². The standard InChI is InChI=1S/C22H16FN3O/c23-18-13-11-16(12-14-18)20-24-19(15-7-3-1-4-8-15)21(25-20)26-22(27)17-9-5-2-6-10-17/h1-14H,(H,24,25)(H,26,27). The van der Waals surface area contributed by atoms with Crippen LogP contribution in [0.5, 0.6) is 0 Å². The molecule has 0 radical (unpaired) electrons. The number of H-pyrrole nitrogens is 1. The molecule has 1 amide bonds. The Morgan fingerprint density at radius 3 is 2.11 bits per heavy atom.